The number of hydroxylamine groups is 1. The van der Waals surface area contributed by atoms with E-state index in [1.54, 1.807) is 18.2 Å². The average Bonchev–Trinajstić information content (AvgIpc) is 2.36. The molecule has 0 aliphatic heterocycles. The first kappa shape index (κ1) is 19.5. The van der Waals surface area contributed by atoms with E-state index in [2.05, 4.69) is 0 Å². The van der Waals surface area contributed by atoms with Crippen molar-refractivity contribution in [2.75, 3.05) is 31.6 Å². The molecule has 0 radical (unpaired) electrons. The molecule has 1 rings (SSSR count). The zero-order valence-electron chi connectivity index (χ0n) is 10.7. The Balaban J connectivity index is 0.00000361. The third-order valence-corrected chi connectivity index (χ3v) is 3.21. The summed E-state index contributed by atoms with van der Waals surface area (Å²) in [5, 5.41) is 10.7. The topological polar surface area (TPSA) is 96.3 Å². The predicted molar refractivity (Wildman–Crippen MR) is 76.9 cm³/mol. The van der Waals surface area contributed by atoms with Gasteiger partial charge in [-0.25, -0.2) is 0 Å². The third kappa shape index (κ3) is 6.78. The first-order chi connectivity index (χ1) is 8.85. The van der Waals surface area contributed by atoms with E-state index < -0.39 is 15.9 Å². The van der Waals surface area contributed by atoms with Gasteiger partial charge in [-0.1, -0.05) is 0 Å². The number of hydrogen-bond donors (Lipinski definition) is 2. The molecule has 0 saturated carbocycles. The Kier molecular flexibility index (Phi) is 8.48. The minimum absolute atomic E-state index is 0. The molecule has 0 bridgehead atoms. The molecule has 1 aromatic rings. The summed E-state index contributed by atoms with van der Waals surface area (Å²) in [5.41, 5.74) is 0.409. The van der Waals surface area contributed by atoms with Crippen LogP contribution in [0.1, 0.15) is 6.42 Å². The molecule has 0 unspecified atom stereocenters. The van der Waals surface area contributed by atoms with Gasteiger partial charge in [0, 0.05) is 24.7 Å². The van der Waals surface area contributed by atoms with Gasteiger partial charge >= 0.3 is 29.6 Å². The maximum absolute atomic E-state index is 10.6. The summed E-state index contributed by atoms with van der Waals surface area (Å²) < 4.78 is 39.8. The molecule has 2 N–H and O–H groups in total. The quantitative estimate of drug-likeness (QED) is 0.430. The van der Waals surface area contributed by atoms with Crippen molar-refractivity contribution in [2.45, 2.75) is 6.42 Å². The Morgan fingerprint density at radius 3 is 2.05 bits per heavy atom. The summed E-state index contributed by atoms with van der Waals surface area (Å²) in [6, 6.07) is 4.81. The minimum atomic E-state index is -4.01. The summed E-state index contributed by atoms with van der Waals surface area (Å²) in [6.07, 6.45) is 0.0921. The average molecular weight is 315 g/mol. The second-order valence-electron chi connectivity index (χ2n) is 3.83. The Labute approximate surface area is 140 Å². The fourth-order valence-corrected chi connectivity index (χ4v) is 1.96. The molecule has 9 heteroatoms. The van der Waals surface area contributed by atoms with Gasteiger partial charge in [0.2, 0.25) is 0 Å². The SMILES string of the molecule is COc1cc(OC)cc(N(O)CCCS(=O)(=O)O)c1.[NaH]. The summed E-state index contributed by atoms with van der Waals surface area (Å²) in [6.45, 7) is 0.0517. The van der Waals surface area contributed by atoms with Gasteiger partial charge in [0.05, 0.1) is 25.7 Å². The van der Waals surface area contributed by atoms with Crippen LogP contribution in [-0.2, 0) is 10.1 Å². The van der Waals surface area contributed by atoms with E-state index in [0.717, 1.165) is 5.06 Å². The van der Waals surface area contributed by atoms with E-state index in [1.807, 2.05) is 0 Å². The van der Waals surface area contributed by atoms with Crippen molar-refractivity contribution < 1.29 is 27.7 Å². The molecule has 110 valence electrons. The van der Waals surface area contributed by atoms with Crippen LogP contribution in [-0.4, -0.2) is 74.3 Å². The first-order valence-electron chi connectivity index (χ1n) is 5.50. The van der Waals surface area contributed by atoms with Crippen molar-refractivity contribution in [3.05, 3.63) is 18.2 Å². The maximum atomic E-state index is 10.6. The molecule has 0 amide bonds. The van der Waals surface area contributed by atoms with Crippen LogP contribution in [0, 0.1) is 0 Å². The molecule has 0 fully saturated rings. The van der Waals surface area contributed by atoms with Crippen molar-refractivity contribution in [3.63, 3.8) is 0 Å². The predicted octanol–water partition coefficient (Wildman–Crippen LogP) is 0.529. The molecule has 1 aromatic carbocycles. The van der Waals surface area contributed by atoms with Gasteiger partial charge < -0.3 is 9.47 Å². The third-order valence-electron chi connectivity index (χ3n) is 2.41. The zero-order chi connectivity index (χ0) is 14.5. The Morgan fingerprint density at radius 1 is 1.15 bits per heavy atom. The van der Waals surface area contributed by atoms with Crippen molar-refractivity contribution in [1.82, 2.24) is 0 Å². The molecule has 7 nitrogen and oxygen atoms in total. The molecule has 20 heavy (non-hydrogen) atoms. The number of ether oxygens (including phenoxy) is 2. The van der Waals surface area contributed by atoms with Crippen LogP contribution in [0.4, 0.5) is 5.69 Å². The van der Waals surface area contributed by atoms with E-state index in [0.29, 0.717) is 17.2 Å². The van der Waals surface area contributed by atoms with Crippen LogP contribution < -0.4 is 14.5 Å². The van der Waals surface area contributed by atoms with Gasteiger partial charge in [0.25, 0.3) is 10.1 Å². The summed E-state index contributed by atoms with van der Waals surface area (Å²) in [4.78, 5) is 0. The molecular weight excluding hydrogens is 297 g/mol. The molecule has 0 saturated heterocycles. The van der Waals surface area contributed by atoms with Gasteiger partial charge in [0.15, 0.2) is 0 Å². The zero-order valence-corrected chi connectivity index (χ0v) is 11.6. The van der Waals surface area contributed by atoms with Crippen molar-refractivity contribution in [2.24, 2.45) is 0 Å². The normalized spacial score (nSPS) is 10.6. The number of methoxy groups -OCH3 is 2. The molecule has 0 aliphatic carbocycles. The molecule has 0 aromatic heterocycles. The van der Waals surface area contributed by atoms with E-state index in [4.69, 9.17) is 14.0 Å². The van der Waals surface area contributed by atoms with Gasteiger partial charge in [-0.15, -0.1) is 0 Å². The molecular formula is C11H18NNaO6S. The fraction of sp³-hybridized carbons (Fsp3) is 0.455. The standard InChI is InChI=1S/C11H17NO6S.Na.H/c1-17-10-6-9(7-11(8-10)18-2)12(13)4-3-5-19(14,15)16;;/h6-8,13H,3-5H2,1-2H3,(H,14,15,16);;. The molecule has 0 atom stereocenters. The van der Waals surface area contributed by atoms with Crippen molar-refractivity contribution >= 4 is 45.4 Å². The molecule has 0 spiro atoms. The van der Waals surface area contributed by atoms with Crippen LogP contribution in [0.25, 0.3) is 0 Å². The summed E-state index contributed by atoms with van der Waals surface area (Å²) in [7, 11) is -1.05. The molecule has 0 heterocycles. The van der Waals surface area contributed by atoms with Crippen LogP contribution in [0.3, 0.4) is 0 Å². The number of benzene rings is 1. The summed E-state index contributed by atoms with van der Waals surface area (Å²) in [5.74, 6) is 0.594. The fourth-order valence-electron chi connectivity index (χ4n) is 1.47. The van der Waals surface area contributed by atoms with Crippen LogP contribution in [0.15, 0.2) is 18.2 Å². The van der Waals surface area contributed by atoms with Crippen LogP contribution in [0.2, 0.25) is 0 Å². The van der Waals surface area contributed by atoms with Crippen LogP contribution >= 0.6 is 0 Å². The summed E-state index contributed by atoms with van der Waals surface area (Å²) >= 11 is 0. The van der Waals surface area contributed by atoms with E-state index in [1.165, 1.54) is 14.2 Å². The van der Waals surface area contributed by atoms with Crippen LogP contribution in [0.5, 0.6) is 11.5 Å². The van der Waals surface area contributed by atoms with Gasteiger partial charge in [-0.2, -0.15) is 8.42 Å². The Morgan fingerprint density at radius 2 is 1.65 bits per heavy atom. The first-order valence-corrected chi connectivity index (χ1v) is 7.11. The number of rotatable bonds is 7. The number of anilines is 1. The second kappa shape index (κ2) is 8.71. The van der Waals surface area contributed by atoms with Crippen molar-refractivity contribution in [1.29, 1.82) is 0 Å². The number of nitrogens with zero attached hydrogens (tertiary/aromatic N) is 1. The van der Waals surface area contributed by atoms with E-state index >= 15 is 0 Å². The van der Waals surface area contributed by atoms with Gasteiger partial charge in [-0.3, -0.25) is 14.8 Å². The number of hydrogen-bond acceptors (Lipinski definition) is 6. The van der Waals surface area contributed by atoms with E-state index in [9.17, 15) is 13.6 Å². The monoisotopic (exact) mass is 315 g/mol. The Bertz CT molecular complexity index is 499. The molecule has 0 aliphatic rings. The van der Waals surface area contributed by atoms with Gasteiger partial charge in [0.1, 0.15) is 11.5 Å². The van der Waals surface area contributed by atoms with E-state index in [-0.39, 0.29) is 42.5 Å². The second-order valence-corrected chi connectivity index (χ2v) is 5.41. The Hall–Kier alpha value is -0.510. The van der Waals surface area contributed by atoms with Crippen molar-refractivity contribution in [3.8, 4) is 11.5 Å². The van der Waals surface area contributed by atoms with Gasteiger partial charge in [-0.05, 0) is 6.42 Å².